The number of hydrogen-bond acceptors (Lipinski definition) is 4. The molecule has 0 saturated carbocycles. The highest BCUT2D eigenvalue weighted by molar-refractivity contribution is 7.89. The molecular weight excluding hydrogens is 344 g/mol. The highest BCUT2D eigenvalue weighted by atomic mass is 32.2. The standard InChI is InChI=1S/C17H26N2O5S/c1-5-19(6-2)25(23,24)14-10-7-13(8-11-14)9-12-15(20)18-17(3,4)16(21)22/h7-8,10-11H,5-6,9,12H2,1-4H3,(H,18,20)(H,21,22). The molecular formula is C17H26N2O5S. The second-order valence-electron chi connectivity index (χ2n) is 6.21. The molecule has 0 aliphatic carbocycles. The zero-order chi connectivity index (χ0) is 19.3. The van der Waals surface area contributed by atoms with Gasteiger partial charge in [0, 0.05) is 19.5 Å². The molecule has 0 aromatic heterocycles. The second-order valence-corrected chi connectivity index (χ2v) is 8.15. The summed E-state index contributed by atoms with van der Waals surface area (Å²) in [6.07, 6.45) is 0.520. The van der Waals surface area contributed by atoms with Gasteiger partial charge in [-0.3, -0.25) is 4.79 Å². The van der Waals surface area contributed by atoms with Crippen LogP contribution in [-0.4, -0.2) is 48.3 Å². The summed E-state index contributed by atoms with van der Waals surface area (Å²) >= 11 is 0. The van der Waals surface area contributed by atoms with Gasteiger partial charge in [-0.25, -0.2) is 13.2 Å². The number of carbonyl (C=O) groups is 2. The van der Waals surface area contributed by atoms with Gasteiger partial charge in [0.05, 0.1) is 4.90 Å². The van der Waals surface area contributed by atoms with Crippen LogP contribution in [0, 0.1) is 0 Å². The fourth-order valence-corrected chi connectivity index (χ4v) is 3.72. The summed E-state index contributed by atoms with van der Waals surface area (Å²) in [5.41, 5.74) is -0.513. The number of carboxylic acids is 1. The molecule has 2 N–H and O–H groups in total. The Morgan fingerprint density at radius 1 is 1.12 bits per heavy atom. The zero-order valence-electron chi connectivity index (χ0n) is 15.1. The lowest BCUT2D eigenvalue weighted by Crippen LogP contribution is -2.49. The Hall–Kier alpha value is -1.93. The lowest BCUT2D eigenvalue weighted by molar-refractivity contribution is -0.146. The molecule has 1 amide bonds. The third kappa shape index (κ3) is 5.54. The predicted octanol–water partition coefficient (Wildman–Crippen LogP) is 1.63. The monoisotopic (exact) mass is 370 g/mol. The first-order chi connectivity index (χ1) is 11.5. The van der Waals surface area contributed by atoms with Crippen molar-refractivity contribution in [3.63, 3.8) is 0 Å². The summed E-state index contributed by atoms with van der Waals surface area (Å²) in [7, 11) is -3.49. The number of aryl methyl sites for hydroxylation is 1. The van der Waals surface area contributed by atoms with Gasteiger partial charge in [-0.15, -0.1) is 0 Å². The van der Waals surface area contributed by atoms with E-state index in [-0.39, 0.29) is 17.2 Å². The summed E-state index contributed by atoms with van der Waals surface area (Å²) in [6, 6.07) is 6.40. The molecule has 0 radical (unpaired) electrons. The molecule has 0 aliphatic heterocycles. The third-order valence-electron chi connectivity index (χ3n) is 3.89. The van der Waals surface area contributed by atoms with Gasteiger partial charge in [0.15, 0.2) is 0 Å². The Bertz CT molecular complexity index is 707. The number of carbonyl (C=O) groups excluding carboxylic acids is 1. The molecule has 1 aromatic carbocycles. The van der Waals surface area contributed by atoms with Gasteiger partial charge >= 0.3 is 5.97 Å². The van der Waals surface area contributed by atoms with Crippen molar-refractivity contribution >= 4 is 21.9 Å². The largest absolute Gasteiger partial charge is 0.480 e. The van der Waals surface area contributed by atoms with Crippen molar-refractivity contribution in [2.24, 2.45) is 0 Å². The molecule has 0 aliphatic rings. The van der Waals surface area contributed by atoms with Crippen LogP contribution in [0.1, 0.15) is 39.7 Å². The SMILES string of the molecule is CCN(CC)S(=O)(=O)c1ccc(CCC(=O)NC(C)(C)C(=O)O)cc1. The van der Waals surface area contributed by atoms with Gasteiger partial charge in [0.1, 0.15) is 5.54 Å². The first kappa shape index (κ1) is 21.1. The molecule has 25 heavy (non-hydrogen) atoms. The van der Waals surface area contributed by atoms with Crippen molar-refractivity contribution in [2.45, 2.75) is 51.0 Å². The first-order valence-corrected chi connectivity index (χ1v) is 9.62. The maximum absolute atomic E-state index is 12.4. The Kier molecular flexibility index (Phi) is 7.13. The highest BCUT2D eigenvalue weighted by Crippen LogP contribution is 2.17. The number of nitrogens with zero attached hydrogens (tertiary/aromatic N) is 1. The van der Waals surface area contributed by atoms with E-state index >= 15 is 0 Å². The topological polar surface area (TPSA) is 104 Å². The number of hydrogen-bond donors (Lipinski definition) is 2. The normalized spacial score (nSPS) is 12.2. The molecule has 0 bridgehead atoms. The van der Waals surface area contributed by atoms with Crippen molar-refractivity contribution < 1.29 is 23.1 Å². The van der Waals surface area contributed by atoms with Crippen LogP contribution in [0.3, 0.4) is 0 Å². The Labute approximate surface area is 149 Å². The lowest BCUT2D eigenvalue weighted by atomic mass is 10.0. The molecule has 140 valence electrons. The molecule has 0 fully saturated rings. The van der Waals surface area contributed by atoms with Gasteiger partial charge in [-0.2, -0.15) is 4.31 Å². The van der Waals surface area contributed by atoms with E-state index in [1.54, 1.807) is 26.0 Å². The minimum atomic E-state index is -3.49. The molecule has 0 saturated heterocycles. The van der Waals surface area contributed by atoms with Gasteiger partial charge in [-0.1, -0.05) is 26.0 Å². The number of benzene rings is 1. The maximum atomic E-state index is 12.4. The van der Waals surface area contributed by atoms with Crippen LogP contribution >= 0.6 is 0 Å². The van der Waals surface area contributed by atoms with Gasteiger partial charge in [-0.05, 0) is 38.0 Å². The third-order valence-corrected chi connectivity index (χ3v) is 5.96. The van der Waals surface area contributed by atoms with Crippen molar-refractivity contribution in [3.8, 4) is 0 Å². The first-order valence-electron chi connectivity index (χ1n) is 8.18. The molecule has 1 rings (SSSR count). The molecule has 0 atom stereocenters. The molecule has 0 spiro atoms. The van der Waals surface area contributed by atoms with Crippen LogP contribution in [0.2, 0.25) is 0 Å². The zero-order valence-corrected chi connectivity index (χ0v) is 15.9. The second kappa shape index (κ2) is 8.44. The van der Waals surface area contributed by atoms with E-state index in [0.717, 1.165) is 5.56 Å². The summed E-state index contributed by atoms with van der Waals surface area (Å²) < 4.78 is 26.2. The van der Waals surface area contributed by atoms with Crippen LogP contribution < -0.4 is 5.32 Å². The van der Waals surface area contributed by atoms with E-state index in [1.807, 2.05) is 0 Å². The predicted molar refractivity (Wildman–Crippen MR) is 94.7 cm³/mol. The van der Waals surface area contributed by atoms with Gasteiger partial charge in [0.25, 0.3) is 0 Å². The Balaban J connectivity index is 2.72. The average molecular weight is 370 g/mol. The Morgan fingerprint density at radius 2 is 1.64 bits per heavy atom. The quantitative estimate of drug-likeness (QED) is 0.687. The average Bonchev–Trinajstić information content (AvgIpc) is 2.53. The van der Waals surface area contributed by atoms with Crippen LogP contribution in [0.25, 0.3) is 0 Å². The van der Waals surface area contributed by atoms with E-state index in [2.05, 4.69) is 5.32 Å². The molecule has 8 heteroatoms. The minimum absolute atomic E-state index is 0.124. The summed E-state index contributed by atoms with van der Waals surface area (Å²) in [5, 5.41) is 11.4. The fourth-order valence-electron chi connectivity index (χ4n) is 2.26. The van der Waals surface area contributed by atoms with Crippen molar-refractivity contribution in [2.75, 3.05) is 13.1 Å². The van der Waals surface area contributed by atoms with Gasteiger partial charge < -0.3 is 10.4 Å². The fraction of sp³-hybridized carbons (Fsp3) is 0.529. The van der Waals surface area contributed by atoms with Crippen molar-refractivity contribution in [3.05, 3.63) is 29.8 Å². The highest BCUT2D eigenvalue weighted by Gasteiger charge is 2.28. The van der Waals surface area contributed by atoms with Crippen LogP contribution in [0.5, 0.6) is 0 Å². The van der Waals surface area contributed by atoms with Crippen molar-refractivity contribution in [1.29, 1.82) is 0 Å². The van der Waals surface area contributed by atoms with Crippen LogP contribution in [0.15, 0.2) is 29.2 Å². The van der Waals surface area contributed by atoms with E-state index in [1.165, 1.54) is 30.3 Å². The van der Waals surface area contributed by atoms with E-state index < -0.39 is 21.5 Å². The van der Waals surface area contributed by atoms with E-state index in [0.29, 0.717) is 19.5 Å². The molecule has 0 unspecified atom stereocenters. The number of aliphatic carboxylic acids is 1. The van der Waals surface area contributed by atoms with Gasteiger partial charge in [0.2, 0.25) is 15.9 Å². The number of sulfonamides is 1. The van der Waals surface area contributed by atoms with Crippen LogP contribution in [0.4, 0.5) is 0 Å². The number of rotatable bonds is 9. The summed E-state index contributed by atoms with van der Waals surface area (Å²) in [6.45, 7) is 7.21. The molecule has 7 nitrogen and oxygen atoms in total. The van der Waals surface area contributed by atoms with E-state index in [9.17, 15) is 18.0 Å². The molecule has 0 heterocycles. The Morgan fingerprint density at radius 3 is 2.08 bits per heavy atom. The number of amides is 1. The number of carboxylic acid groups (broad SMARTS) is 1. The maximum Gasteiger partial charge on any atom is 0.328 e. The van der Waals surface area contributed by atoms with Crippen LogP contribution in [-0.2, 0) is 26.0 Å². The minimum Gasteiger partial charge on any atom is -0.480 e. The van der Waals surface area contributed by atoms with E-state index in [4.69, 9.17) is 5.11 Å². The lowest BCUT2D eigenvalue weighted by Gasteiger charge is -2.21. The number of nitrogens with one attached hydrogen (secondary N) is 1. The van der Waals surface area contributed by atoms with Crippen molar-refractivity contribution in [1.82, 2.24) is 9.62 Å². The molecule has 1 aromatic rings. The smallest absolute Gasteiger partial charge is 0.328 e. The summed E-state index contributed by atoms with van der Waals surface area (Å²) in [4.78, 5) is 23.1. The summed E-state index contributed by atoms with van der Waals surface area (Å²) in [5.74, 6) is -1.47.